The normalized spacial score (nSPS) is 4.83. The molecule has 0 aliphatic rings. The van der Waals surface area contributed by atoms with E-state index in [0.29, 0.717) is 0 Å². The van der Waals surface area contributed by atoms with E-state index in [1.807, 2.05) is 0 Å². The molecule has 20 nitrogen and oxygen atoms in total. The minimum atomic E-state index is -5.17. The maximum atomic E-state index is 8.52. The Hall–Kier alpha value is 0.260. The Kier molecular flexibility index (Phi) is 615. The van der Waals surface area contributed by atoms with Crippen LogP contribution in [-0.4, -0.2) is 35.0 Å². The van der Waals surface area contributed by atoms with Gasteiger partial charge in [0.05, 0.1) is 0 Å². The van der Waals surface area contributed by atoms with Gasteiger partial charge in [0, 0.05) is 20.8 Å². The van der Waals surface area contributed by atoms with Crippen LogP contribution in [-0.2, 0) is 120 Å². The SMILES string of the molecule is O=S(=O)([O-])[O-].O=S(=O)([O-])[O-].[Co+2].[Ni+2].[OH3+].[OH3+].[OH3+].[OH3+].[OH3+].[OH3+].[OH3+].[OH3+].[OH3+].[OH3+].[OH3+].[OH3+]. The van der Waals surface area contributed by atoms with Crippen molar-refractivity contribution in [2.45, 2.75) is 0 Å². The molecule has 0 aromatic carbocycles. The molecule has 0 aliphatic carbocycles. The maximum Gasteiger partial charge on any atom is 2.00 e. The van der Waals surface area contributed by atoms with Crippen molar-refractivity contribution in [2.75, 3.05) is 0 Å². The molecular formula is H36CoNiO20S2+12. The first-order chi connectivity index (χ1) is 4.00. The molecule has 0 saturated carbocycles. The van der Waals surface area contributed by atoms with Crippen LogP contribution in [0.5, 0.6) is 0 Å². The third-order valence-corrected chi connectivity index (χ3v) is 0. The molecule has 24 heteroatoms. The van der Waals surface area contributed by atoms with Crippen LogP contribution in [0.15, 0.2) is 0 Å². The number of hydrogen-bond donors (Lipinski definition) is 0. The van der Waals surface area contributed by atoms with E-state index in [1.54, 1.807) is 0 Å². The summed E-state index contributed by atoms with van der Waals surface area (Å²) in [6.45, 7) is 0. The first-order valence-corrected chi connectivity index (χ1v) is 4.00. The third kappa shape index (κ3) is 149000. The Bertz CT molecular complexity index is 218. The van der Waals surface area contributed by atoms with Crippen LogP contribution >= 0.6 is 0 Å². The Morgan fingerprint density at radius 3 is 0.375 bits per heavy atom. The molecule has 0 rings (SSSR count). The van der Waals surface area contributed by atoms with E-state index in [2.05, 4.69) is 0 Å². The molecule has 0 bridgehead atoms. The van der Waals surface area contributed by atoms with Gasteiger partial charge in [-0.25, -0.2) is 0 Å². The molecule has 0 atom stereocenters. The van der Waals surface area contributed by atoms with Gasteiger partial charge in [-0.2, -0.15) is 0 Å². The Labute approximate surface area is 155 Å². The molecule has 24 heavy (non-hydrogen) atoms. The summed E-state index contributed by atoms with van der Waals surface area (Å²) in [7, 11) is -10.3. The summed E-state index contributed by atoms with van der Waals surface area (Å²) < 4.78 is 68.2. The predicted octanol–water partition coefficient (Wildman–Crippen LogP) is -13.7. The van der Waals surface area contributed by atoms with E-state index >= 15 is 0 Å². The summed E-state index contributed by atoms with van der Waals surface area (Å²) in [5.41, 5.74) is 0. The summed E-state index contributed by atoms with van der Waals surface area (Å²) in [5, 5.41) is 0. The number of hydrogen-bond acceptors (Lipinski definition) is 8. The summed E-state index contributed by atoms with van der Waals surface area (Å²) in [6.07, 6.45) is 0. The Balaban J connectivity index is -0.00000000241. The molecule has 0 unspecified atom stereocenters. The van der Waals surface area contributed by atoms with Crippen LogP contribution in [0.25, 0.3) is 0 Å². The van der Waals surface area contributed by atoms with Crippen LogP contribution in [0.3, 0.4) is 0 Å². The van der Waals surface area contributed by atoms with Gasteiger partial charge in [-0.1, -0.05) is 0 Å². The standard InChI is InChI=1S/Co.Ni.2H2O4S.12H2O/c;;2*1-5(2,3)4;;;;;;;;;;;;/h;;2*(H2,1,2,3,4);12*1H2/q2*+2;;;;;;;;;;;;;;/p+8. The first-order valence-electron chi connectivity index (χ1n) is 1.33. The minimum absolute atomic E-state index is 0. The zero-order valence-corrected chi connectivity index (χ0v) is 15.3. The van der Waals surface area contributed by atoms with Crippen molar-refractivity contribution >= 4 is 20.8 Å². The molecule has 36 N–H and O–H groups in total. The van der Waals surface area contributed by atoms with Crippen molar-refractivity contribution in [3.05, 3.63) is 0 Å². The van der Waals surface area contributed by atoms with Crippen LogP contribution in [0, 0.1) is 0 Å². The molecular weight excluding hydrogens is 502 g/mol. The smallest absolute Gasteiger partial charge is 0.759 e. The van der Waals surface area contributed by atoms with Gasteiger partial charge in [0.1, 0.15) is 0 Å². The summed E-state index contributed by atoms with van der Waals surface area (Å²) in [4.78, 5) is 0. The molecule has 0 fully saturated rings. The van der Waals surface area contributed by atoms with E-state index in [4.69, 9.17) is 35.0 Å². The molecule has 0 aromatic rings. The average molecular weight is 538 g/mol. The zero-order valence-electron chi connectivity index (χ0n) is 11.7. The van der Waals surface area contributed by atoms with E-state index in [0.717, 1.165) is 0 Å². The van der Waals surface area contributed by atoms with Crippen LogP contribution < -0.4 is 0 Å². The van der Waals surface area contributed by atoms with Gasteiger partial charge in [-0.3, -0.25) is 16.8 Å². The largest absolute Gasteiger partial charge is 2.00 e. The molecule has 175 valence electrons. The van der Waals surface area contributed by atoms with Crippen molar-refractivity contribution in [3.8, 4) is 0 Å². The molecule has 1 radical (unpaired) electrons. The monoisotopic (exact) mass is 537 g/mol. The average Bonchev–Trinajstić information content (AvgIpc) is 1.12. The predicted molar refractivity (Wildman–Crippen MR) is 79.4 cm³/mol. The van der Waals surface area contributed by atoms with Gasteiger partial charge < -0.3 is 83.9 Å². The summed E-state index contributed by atoms with van der Waals surface area (Å²) >= 11 is 0. The second-order valence-corrected chi connectivity index (χ2v) is 2.45. The van der Waals surface area contributed by atoms with Gasteiger partial charge in [0.2, 0.25) is 0 Å². The van der Waals surface area contributed by atoms with Crippen molar-refractivity contribution in [2.24, 2.45) is 0 Å². The van der Waals surface area contributed by atoms with E-state index in [1.165, 1.54) is 0 Å². The van der Waals surface area contributed by atoms with Crippen molar-refractivity contribution in [1.29, 1.82) is 0 Å². The molecule has 0 amide bonds. The van der Waals surface area contributed by atoms with Gasteiger partial charge in [-0.15, -0.1) is 0 Å². The fourth-order valence-electron chi connectivity index (χ4n) is 0. The second kappa shape index (κ2) is 76.7. The summed E-state index contributed by atoms with van der Waals surface area (Å²) in [6, 6.07) is 0. The third-order valence-electron chi connectivity index (χ3n) is 0. The van der Waals surface area contributed by atoms with Crippen LogP contribution in [0.4, 0.5) is 0 Å². The molecule has 0 aromatic heterocycles. The Morgan fingerprint density at radius 1 is 0.375 bits per heavy atom. The molecule has 0 saturated heterocycles. The second-order valence-electron chi connectivity index (χ2n) is 0.816. The van der Waals surface area contributed by atoms with E-state index in [-0.39, 0.29) is 99.0 Å². The molecule has 0 spiro atoms. The Morgan fingerprint density at radius 2 is 0.375 bits per heavy atom. The molecule has 0 heterocycles. The van der Waals surface area contributed by atoms with Crippen LogP contribution in [0.2, 0.25) is 0 Å². The fourth-order valence-corrected chi connectivity index (χ4v) is 0. The van der Waals surface area contributed by atoms with Crippen molar-refractivity contribution < 1.29 is 134 Å². The van der Waals surface area contributed by atoms with Gasteiger partial charge in [0.25, 0.3) is 0 Å². The summed E-state index contributed by atoms with van der Waals surface area (Å²) in [5.74, 6) is 0. The quantitative estimate of drug-likeness (QED) is 0.123. The van der Waals surface area contributed by atoms with Crippen LogP contribution in [0.1, 0.15) is 0 Å². The molecule has 0 aliphatic heterocycles. The minimum Gasteiger partial charge on any atom is -0.759 e. The van der Waals surface area contributed by atoms with Crippen molar-refractivity contribution in [1.82, 2.24) is 0 Å². The van der Waals surface area contributed by atoms with E-state index < -0.39 is 20.8 Å². The first kappa shape index (κ1) is 192. The fraction of sp³-hybridized carbons (Fsp3) is 0. The maximum absolute atomic E-state index is 8.52. The zero-order chi connectivity index (χ0) is 9.00. The van der Waals surface area contributed by atoms with Crippen molar-refractivity contribution in [3.63, 3.8) is 0 Å². The van der Waals surface area contributed by atoms with Gasteiger partial charge >= 0.3 is 33.3 Å². The van der Waals surface area contributed by atoms with Gasteiger partial charge in [-0.05, 0) is 0 Å². The van der Waals surface area contributed by atoms with Gasteiger partial charge in [0.15, 0.2) is 0 Å². The van der Waals surface area contributed by atoms with E-state index in [9.17, 15) is 0 Å². The number of rotatable bonds is 0. The topological polar surface area (TPSA) is 557 Å².